The number of rotatable bonds is 8. The first-order valence-electron chi connectivity index (χ1n) is 7.42. The Balaban J connectivity index is 2.62. The summed E-state index contributed by atoms with van der Waals surface area (Å²) in [4.78, 5) is 25.3. The van der Waals surface area contributed by atoms with Crippen molar-refractivity contribution in [3.05, 3.63) is 11.8 Å². The molecule has 0 radical (unpaired) electrons. The van der Waals surface area contributed by atoms with Crippen LogP contribution in [-0.2, 0) is 9.59 Å². The van der Waals surface area contributed by atoms with Crippen LogP contribution >= 0.6 is 0 Å². The molecule has 5 heteroatoms. The van der Waals surface area contributed by atoms with Gasteiger partial charge < -0.3 is 10.0 Å². The molecule has 5 nitrogen and oxygen atoms in total. The molecule has 0 heterocycles. The molecule has 114 valence electrons. The van der Waals surface area contributed by atoms with Gasteiger partial charge in [0.15, 0.2) is 0 Å². The Morgan fingerprint density at radius 1 is 1.45 bits per heavy atom. The highest BCUT2D eigenvalue weighted by Crippen LogP contribution is 2.21. The fraction of sp³-hybridized carbons (Fsp3) is 0.733. The average Bonchev–Trinajstić information content (AvgIpc) is 2.91. The number of aliphatic carboxylic acids is 1. The van der Waals surface area contributed by atoms with Gasteiger partial charge in [0.25, 0.3) is 0 Å². The number of nitrogens with one attached hydrogen (secondary N) is 1. The van der Waals surface area contributed by atoms with Gasteiger partial charge >= 0.3 is 5.97 Å². The Morgan fingerprint density at radius 3 is 2.60 bits per heavy atom. The number of allylic oxidation sites excluding steroid dienone is 2. The van der Waals surface area contributed by atoms with Crippen LogP contribution in [0.2, 0.25) is 0 Å². The van der Waals surface area contributed by atoms with E-state index in [1.165, 1.54) is 0 Å². The number of hydrogen-bond donors (Lipinski definition) is 2. The normalized spacial score (nSPS) is 17.4. The van der Waals surface area contributed by atoms with E-state index in [1.54, 1.807) is 11.8 Å². The molecule has 0 saturated heterocycles. The maximum Gasteiger partial charge on any atom is 0.323 e. The van der Waals surface area contributed by atoms with Crippen molar-refractivity contribution in [2.75, 3.05) is 13.1 Å². The summed E-state index contributed by atoms with van der Waals surface area (Å²) in [6.45, 7) is 6.21. The van der Waals surface area contributed by atoms with Gasteiger partial charge in [-0.1, -0.05) is 19.4 Å². The molecule has 0 spiro atoms. The van der Waals surface area contributed by atoms with Crippen molar-refractivity contribution in [2.24, 2.45) is 0 Å². The summed E-state index contributed by atoms with van der Waals surface area (Å²) in [5.41, 5.74) is 0.0419. The van der Waals surface area contributed by atoms with E-state index >= 15 is 0 Å². The van der Waals surface area contributed by atoms with Crippen molar-refractivity contribution >= 4 is 11.9 Å². The monoisotopic (exact) mass is 282 g/mol. The molecule has 1 aliphatic carbocycles. The molecule has 0 aromatic heterocycles. The van der Waals surface area contributed by atoms with Crippen LogP contribution in [0.4, 0.5) is 0 Å². The molecular formula is C15H26N2O3. The van der Waals surface area contributed by atoms with Crippen LogP contribution in [0.3, 0.4) is 0 Å². The quantitative estimate of drug-likeness (QED) is 0.715. The third-order valence-electron chi connectivity index (χ3n) is 3.83. The highest BCUT2D eigenvalue weighted by molar-refractivity contribution is 5.83. The van der Waals surface area contributed by atoms with Gasteiger partial charge in [0.1, 0.15) is 5.54 Å². The van der Waals surface area contributed by atoms with Gasteiger partial charge in [-0.15, -0.1) is 0 Å². The highest BCUT2D eigenvalue weighted by Gasteiger charge is 2.32. The van der Waals surface area contributed by atoms with Crippen molar-refractivity contribution in [1.29, 1.82) is 0 Å². The van der Waals surface area contributed by atoms with Gasteiger partial charge in [0.05, 0.1) is 6.54 Å². The predicted octanol–water partition coefficient (Wildman–Crippen LogP) is 2.14. The van der Waals surface area contributed by atoms with Gasteiger partial charge in [-0.05, 0) is 39.5 Å². The Hall–Kier alpha value is -1.36. The SMILES string of the molecule is CCCC(C)(NCC(=O)N(CC)C1=CCCC1)C(=O)O. The van der Waals surface area contributed by atoms with Gasteiger partial charge in [-0.2, -0.15) is 0 Å². The lowest BCUT2D eigenvalue weighted by Gasteiger charge is -2.28. The number of nitrogens with zero attached hydrogens (tertiary/aromatic N) is 1. The standard InChI is InChI=1S/C15H26N2O3/c1-4-10-15(3,14(19)20)16-11-13(18)17(5-2)12-8-6-7-9-12/h8,16H,4-7,9-11H2,1-3H3,(H,19,20). The summed E-state index contributed by atoms with van der Waals surface area (Å²) in [6.07, 6.45) is 6.41. The Morgan fingerprint density at radius 2 is 2.15 bits per heavy atom. The number of amides is 1. The molecule has 1 amide bonds. The van der Waals surface area contributed by atoms with Gasteiger partial charge in [-0.3, -0.25) is 14.9 Å². The summed E-state index contributed by atoms with van der Waals surface area (Å²) in [6, 6.07) is 0. The Labute approximate surface area is 121 Å². The molecule has 0 saturated carbocycles. The lowest BCUT2D eigenvalue weighted by molar-refractivity contribution is -0.144. The zero-order valence-corrected chi connectivity index (χ0v) is 12.7. The van der Waals surface area contributed by atoms with Crippen molar-refractivity contribution < 1.29 is 14.7 Å². The summed E-state index contributed by atoms with van der Waals surface area (Å²) >= 11 is 0. The molecule has 0 bridgehead atoms. The third-order valence-corrected chi connectivity index (χ3v) is 3.83. The van der Waals surface area contributed by atoms with Gasteiger partial charge in [0, 0.05) is 12.2 Å². The smallest absolute Gasteiger partial charge is 0.323 e. The lowest BCUT2D eigenvalue weighted by atomic mass is 9.96. The van der Waals surface area contributed by atoms with E-state index in [0.29, 0.717) is 13.0 Å². The highest BCUT2D eigenvalue weighted by atomic mass is 16.4. The number of carbonyl (C=O) groups excluding carboxylic acids is 1. The molecule has 20 heavy (non-hydrogen) atoms. The second-order valence-corrected chi connectivity index (χ2v) is 5.47. The van der Waals surface area contributed by atoms with Crippen LogP contribution in [0, 0.1) is 0 Å². The molecule has 0 aliphatic heterocycles. The topological polar surface area (TPSA) is 69.6 Å². The van der Waals surface area contributed by atoms with Crippen LogP contribution in [0.1, 0.15) is 52.9 Å². The van der Waals surface area contributed by atoms with Crippen LogP contribution in [0.25, 0.3) is 0 Å². The molecular weight excluding hydrogens is 256 g/mol. The minimum atomic E-state index is -1.03. The summed E-state index contributed by atoms with van der Waals surface area (Å²) in [5.74, 6) is -0.959. The largest absolute Gasteiger partial charge is 0.480 e. The lowest BCUT2D eigenvalue weighted by Crippen LogP contribution is -2.53. The van der Waals surface area contributed by atoms with Crippen molar-refractivity contribution in [1.82, 2.24) is 10.2 Å². The molecule has 1 aliphatic rings. The van der Waals surface area contributed by atoms with Gasteiger partial charge in [0.2, 0.25) is 5.91 Å². The first-order valence-corrected chi connectivity index (χ1v) is 7.42. The summed E-state index contributed by atoms with van der Waals surface area (Å²) in [7, 11) is 0. The molecule has 1 atom stereocenters. The van der Waals surface area contributed by atoms with Crippen LogP contribution < -0.4 is 5.32 Å². The van der Waals surface area contributed by atoms with Crippen molar-refractivity contribution in [3.8, 4) is 0 Å². The first kappa shape index (κ1) is 16.7. The minimum absolute atomic E-state index is 0.0516. The van der Waals surface area contributed by atoms with Crippen LogP contribution in [0.15, 0.2) is 11.8 Å². The number of hydrogen-bond acceptors (Lipinski definition) is 3. The number of carboxylic acids is 1. The maximum absolute atomic E-state index is 12.3. The van der Waals surface area contributed by atoms with E-state index in [0.717, 1.165) is 31.4 Å². The molecule has 0 aromatic carbocycles. The number of carboxylic acid groups (broad SMARTS) is 1. The molecule has 2 N–H and O–H groups in total. The average molecular weight is 282 g/mol. The number of likely N-dealkylation sites (N-methyl/N-ethyl adjacent to an activating group) is 1. The third kappa shape index (κ3) is 4.07. The molecule has 0 aromatic rings. The fourth-order valence-corrected chi connectivity index (χ4v) is 2.58. The summed E-state index contributed by atoms with van der Waals surface area (Å²) < 4.78 is 0. The van der Waals surface area contributed by atoms with E-state index < -0.39 is 11.5 Å². The fourth-order valence-electron chi connectivity index (χ4n) is 2.58. The van der Waals surface area contributed by atoms with E-state index in [-0.39, 0.29) is 12.5 Å². The van der Waals surface area contributed by atoms with E-state index in [9.17, 15) is 14.7 Å². The predicted molar refractivity (Wildman–Crippen MR) is 78.3 cm³/mol. The second-order valence-electron chi connectivity index (χ2n) is 5.47. The zero-order valence-electron chi connectivity index (χ0n) is 12.7. The van der Waals surface area contributed by atoms with E-state index in [4.69, 9.17) is 0 Å². The van der Waals surface area contributed by atoms with E-state index in [2.05, 4.69) is 11.4 Å². The Bertz CT molecular complexity index is 393. The number of carbonyl (C=O) groups is 2. The minimum Gasteiger partial charge on any atom is -0.480 e. The van der Waals surface area contributed by atoms with Crippen LogP contribution in [0.5, 0.6) is 0 Å². The molecule has 0 fully saturated rings. The molecule has 1 unspecified atom stereocenters. The second kappa shape index (κ2) is 7.43. The maximum atomic E-state index is 12.3. The van der Waals surface area contributed by atoms with Gasteiger partial charge in [-0.25, -0.2) is 0 Å². The first-order chi connectivity index (χ1) is 9.44. The van der Waals surface area contributed by atoms with Crippen LogP contribution in [-0.4, -0.2) is 40.5 Å². The summed E-state index contributed by atoms with van der Waals surface area (Å²) in [5, 5.41) is 12.2. The molecule has 1 rings (SSSR count). The van der Waals surface area contributed by atoms with Crippen molar-refractivity contribution in [3.63, 3.8) is 0 Å². The Kier molecular flexibility index (Phi) is 6.20. The van der Waals surface area contributed by atoms with E-state index in [1.807, 2.05) is 13.8 Å². The van der Waals surface area contributed by atoms with Crippen molar-refractivity contribution in [2.45, 2.75) is 58.4 Å². The zero-order chi connectivity index (χ0) is 15.2.